The molecule has 3 aliphatic rings. The number of fused-ring (bicyclic) bond motifs is 2. The van der Waals surface area contributed by atoms with Gasteiger partial charge in [0.1, 0.15) is 11.9 Å². The maximum Gasteiger partial charge on any atom is 0.224 e. The topological polar surface area (TPSA) is 58.8 Å². The molecule has 0 aromatic heterocycles. The van der Waals surface area contributed by atoms with Gasteiger partial charge in [-0.05, 0) is 109 Å². The summed E-state index contributed by atoms with van der Waals surface area (Å²) in [6, 6.07) is 21.3. The van der Waals surface area contributed by atoms with Crippen LogP contribution in [0.2, 0.25) is 0 Å². The van der Waals surface area contributed by atoms with Crippen LogP contribution < -0.4 is 15.4 Å². The second-order valence-electron chi connectivity index (χ2n) is 12.3. The van der Waals surface area contributed by atoms with Gasteiger partial charge in [-0.2, -0.15) is 0 Å². The van der Waals surface area contributed by atoms with Gasteiger partial charge in [0.25, 0.3) is 0 Å². The van der Waals surface area contributed by atoms with Crippen LogP contribution in [-0.2, 0) is 11.2 Å². The Labute approximate surface area is 252 Å². The van der Waals surface area contributed by atoms with Crippen LogP contribution in [0.25, 0.3) is 11.1 Å². The van der Waals surface area contributed by atoms with Gasteiger partial charge in [0.05, 0.1) is 6.67 Å². The van der Waals surface area contributed by atoms with Crippen LogP contribution in [0.3, 0.4) is 0 Å². The van der Waals surface area contributed by atoms with E-state index >= 15 is 0 Å². The maximum atomic E-state index is 12.6. The predicted octanol–water partition coefficient (Wildman–Crippen LogP) is 7.22. The normalized spacial score (nSPS) is 19.9. The highest BCUT2D eigenvalue weighted by Gasteiger charge is 2.38. The van der Waals surface area contributed by atoms with E-state index in [9.17, 15) is 9.18 Å². The summed E-state index contributed by atoms with van der Waals surface area (Å²) < 4.78 is 18.9. The lowest BCUT2D eigenvalue weighted by atomic mass is 9.87. The number of anilines is 2. The molecule has 3 aromatic rings. The molecule has 220 valence electrons. The Hall–Kier alpha value is -3.29. The van der Waals surface area contributed by atoms with E-state index in [4.69, 9.17) is 10.5 Å². The third-order valence-corrected chi connectivity index (χ3v) is 9.74. The largest absolute Gasteiger partial charge is 0.489 e. The molecule has 3 heterocycles. The highest BCUT2D eigenvalue weighted by Crippen LogP contribution is 2.46. The zero-order chi connectivity index (χ0) is 29.4. The number of nitrogens with zero attached hydrogens (tertiary/aromatic N) is 2. The molecule has 5 nitrogen and oxygen atoms in total. The van der Waals surface area contributed by atoms with Crippen LogP contribution in [0.5, 0.6) is 5.75 Å². The van der Waals surface area contributed by atoms with E-state index in [1.807, 2.05) is 22.7 Å². The van der Waals surface area contributed by atoms with Crippen molar-refractivity contribution in [3.05, 3.63) is 82.9 Å². The lowest BCUT2D eigenvalue weighted by Gasteiger charge is -2.31. The number of likely N-dealkylation sites (tertiary alicyclic amines) is 1. The summed E-state index contributed by atoms with van der Waals surface area (Å²) in [5.74, 6) is 1.90. The molecule has 1 atom stereocenters. The Morgan fingerprint density at radius 3 is 2.64 bits per heavy atom. The van der Waals surface area contributed by atoms with Gasteiger partial charge in [-0.3, -0.25) is 14.1 Å². The number of ether oxygens (including phenoxy) is 1. The Bertz CT molecular complexity index is 1520. The zero-order valence-corrected chi connectivity index (χ0v) is 25.6. The lowest BCUT2D eigenvalue weighted by Crippen LogP contribution is -2.44. The average molecular weight is 586 g/mol. The number of hydrogen-bond donors (Lipinski definition) is 1. The monoisotopic (exact) mass is 585 g/mol. The first kappa shape index (κ1) is 28.8. The van der Waals surface area contributed by atoms with E-state index in [2.05, 4.69) is 73.3 Å². The van der Waals surface area contributed by atoms with E-state index in [0.29, 0.717) is 6.42 Å². The van der Waals surface area contributed by atoms with Gasteiger partial charge in [-0.1, -0.05) is 24.3 Å². The average Bonchev–Trinajstić information content (AvgIpc) is 3.45. The van der Waals surface area contributed by atoms with Crippen LogP contribution in [0, 0.1) is 0 Å². The summed E-state index contributed by atoms with van der Waals surface area (Å²) in [7, 11) is 0. The van der Waals surface area contributed by atoms with Gasteiger partial charge >= 0.3 is 0 Å². The summed E-state index contributed by atoms with van der Waals surface area (Å²) in [5, 5.41) is 0. The number of benzene rings is 3. The molecule has 7 heteroatoms. The molecule has 0 bridgehead atoms. The molecular weight excluding hydrogens is 545 g/mol. The molecule has 2 N–H and O–H groups in total. The van der Waals surface area contributed by atoms with E-state index in [0.717, 1.165) is 67.3 Å². The van der Waals surface area contributed by atoms with Gasteiger partial charge in [0.2, 0.25) is 5.91 Å². The van der Waals surface area contributed by atoms with Crippen molar-refractivity contribution < 1.29 is 13.9 Å². The number of carbonyl (C=O) groups is 1. The third kappa shape index (κ3) is 5.69. The van der Waals surface area contributed by atoms with Crippen LogP contribution in [-0.4, -0.2) is 54.5 Å². The van der Waals surface area contributed by atoms with Crippen molar-refractivity contribution in [2.75, 3.05) is 42.7 Å². The van der Waals surface area contributed by atoms with Crippen LogP contribution in [0.4, 0.5) is 15.8 Å². The van der Waals surface area contributed by atoms with Crippen molar-refractivity contribution in [1.29, 1.82) is 0 Å². The molecule has 1 saturated heterocycles. The first-order valence-corrected chi connectivity index (χ1v) is 16.0. The highest BCUT2D eigenvalue weighted by molar-refractivity contribution is 7.99. The third-order valence-electron chi connectivity index (χ3n) is 8.68. The molecular formula is C35H40FN3O2S. The molecule has 3 aromatic carbocycles. The number of nitrogens with two attached hydrogens (primary N) is 1. The molecule has 0 spiro atoms. The molecule has 0 radical (unpaired) electrons. The maximum absolute atomic E-state index is 12.6. The number of hydrogen-bond acceptors (Lipinski definition) is 5. The lowest BCUT2D eigenvalue weighted by molar-refractivity contribution is -0.117. The fraction of sp³-hybridized carbons (Fsp3) is 0.400. The first-order valence-electron chi connectivity index (χ1n) is 15.0. The summed E-state index contributed by atoms with van der Waals surface area (Å²) in [5.41, 5.74) is 15.1. The minimum absolute atomic E-state index is 0.0798. The van der Waals surface area contributed by atoms with Crippen molar-refractivity contribution in [2.45, 2.75) is 63.0 Å². The number of allylic oxidation sites excluding steroid dienone is 1. The van der Waals surface area contributed by atoms with Crippen molar-refractivity contribution in [3.8, 4) is 5.75 Å². The van der Waals surface area contributed by atoms with Gasteiger partial charge in [0.15, 0.2) is 0 Å². The van der Waals surface area contributed by atoms with Crippen molar-refractivity contribution in [1.82, 2.24) is 4.90 Å². The van der Waals surface area contributed by atoms with Gasteiger partial charge in [-0.25, -0.2) is 0 Å². The fourth-order valence-electron chi connectivity index (χ4n) is 6.91. The number of thioether (sulfide) groups is 1. The number of rotatable bonds is 7. The molecule has 1 fully saturated rings. The van der Waals surface area contributed by atoms with E-state index < -0.39 is 0 Å². The van der Waals surface area contributed by atoms with Gasteiger partial charge in [0, 0.05) is 54.1 Å². The van der Waals surface area contributed by atoms with E-state index in [1.54, 1.807) is 6.92 Å². The summed E-state index contributed by atoms with van der Waals surface area (Å²) in [6.45, 7) is 8.26. The number of alkyl halides is 1. The fourth-order valence-corrected chi connectivity index (χ4v) is 7.98. The summed E-state index contributed by atoms with van der Waals surface area (Å²) in [4.78, 5) is 18.0. The molecule has 0 saturated carbocycles. The van der Waals surface area contributed by atoms with Gasteiger partial charge < -0.3 is 15.4 Å². The minimum Gasteiger partial charge on any atom is -0.489 e. The number of nitrogen functional groups attached to an aromatic ring is 1. The smallest absolute Gasteiger partial charge is 0.224 e. The SMILES string of the molecule is CC(=O)N1c2ccc(C3=C(c4ccc(OC5CCN(CCCF)C5)cc4)c4ccc(N)cc4SCC3)cc2CC1(C)C. The summed E-state index contributed by atoms with van der Waals surface area (Å²) >= 11 is 1.85. The number of amides is 1. The Kier molecular flexibility index (Phi) is 8.07. The quantitative estimate of drug-likeness (QED) is 0.297. The molecule has 0 aliphatic carbocycles. The van der Waals surface area contributed by atoms with Crippen LogP contribution in [0.1, 0.15) is 62.3 Å². The van der Waals surface area contributed by atoms with Gasteiger partial charge in [-0.15, -0.1) is 11.8 Å². The summed E-state index contributed by atoms with van der Waals surface area (Å²) in [6.07, 6.45) is 3.43. The zero-order valence-electron chi connectivity index (χ0n) is 24.8. The number of carbonyl (C=O) groups excluding carboxylic acids is 1. The molecule has 3 aliphatic heterocycles. The van der Waals surface area contributed by atoms with Crippen LogP contribution >= 0.6 is 11.8 Å². The Morgan fingerprint density at radius 2 is 1.88 bits per heavy atom. The molecule has 1 unspecified atom stereocenters. The second-order valence-corrected chi connectivity index (χ2v) is 13.4. The minimum atomic E-state index is -0.268. The number of halogens is 1. The van der Waals surface area contributed by atoms with Crippen molar-refractivity contribution in [2.24, 2.45) is 0 Å². The second kappa shape index (κ2) is 11.8. The van der Waals surface area contributed by atoms with Crippen molar-refractivity contribution in [3.63, 3.8) is 0 Å². The standard InChI is InChI=1S/C35H40FN3O2S/c1-23(40)39-32-12-7-25(19-26(32)21-35(39,2)3)30-14-18-42-33-20-27(37)8-11-31(33)34(30)24-5-9-28(10-6-24)41-29-13-17-38(22-29)16-4-15-36/h5-12,19-20,29H,4,13-18,21-22,37H2,1-3H3. The predicted molar refractivity (Wildman–Crippen MR) is 172 cm³/mol. The first-order chi connectivity index (χ1) is 20.2. The Balaban J connectivity index is 1.36. The van der Waals surface area contributed by atoms with Crippen LogP contribution in [0.15, 0.2) is 65.6 Å². The Morgan fingerprint density at radius 1 is 1.10 bits per heavy atom. The molecule has 6 rings (SSSR count). The van der Waals surface area contributed by atoms with Crippen molar-refractivity contribution >= 4 is 40.2 Å². The molecule has 42 heavy (non-hydrogen) atoms. The highest BCUT2D eigenvalue weighted by atomic mass is 32.2. The van der Waals surface area contributed by atoms with E-state index in [-0.39, 0.29) is 24.2 Å². The van der Waals surface area contributed by atoms with E-state index in [1.165, 1.54) is 32.7 Å². The molecule has 1 amide bonds.